The fourth-order valence-corrected chi connectivity index (χ4v) is 4.73. The number of hydrogen-bond acceptors (Lipinski definition) is 7. The molecule has 10 heteroatoms. The molecule has 0 bridgehead atoms. The molecule has 0 saturated carbocycles. The zero-order valence-corrected chi connectivity index (χ0v) is 22.5. The quantitative estimate of drug-likeness (QED) is 0.274. The fourth-order valence-electron chi connectivity index (χ4n) is 4.03. The molecule has 0 unspecified atom stereocenters. The van der Waals surface area contributed by atoms with E-state index in [0.717, 1.165) is 25.3 Å². The van der Waals surface area contributed by atoms with Crippen molar-refractivity contribution in [1.29, 1.82) is 0 Å². The number of ether oxygens (including phenoxy) is 2. The summed E-state index contributed by atoms with van der Waals surface area (Å²) in [6, 6.07) is 8.78. The summed E-state index contributed by atoms with van der Waals surface area (Å²) in [5.41, 5.74) is 3.79. The molecule has 4 aromatic rings. The van der Waals surface area contributed by atoms with E-state index >= 15 is 0 Å². The van der Waals surface area contributed by atoms with Gasteiger partial charge in [-0.1, -0.05) is 43.1 Å². The number of amides is 1. The van der Waals surface area contributed by atoms with Crippen LogP contribution in [0.5, 0.6) is 11.5 Å². The number of methoxy groups -OCH3 is 2. The molecule has 0 atom stereocenters. The second-order valence-corrected chi connectivity index (χ2v) is 8.91. The second-order valence-electron chi connectivity index (χ2n) is 8.15. The first kappa shape index (κ1) is 26.6. The molecular weight excluding hydrogens is 513 g/mol. The number of halogens is 2. The maximum Gasteiger partial charge on any atom is 0.257 e. The number of nitrogens with one attached hydrogen (secondary N) is 1. The fraction of sp³-hybridized carbons (Fsp3) is 0.259. The first-order valence-electron chi connectivity index (χ1n) is 11.7. The smallest absolute Gasteiger partial charge is 0.257 e. The predicted molar refractivity (Wildman–Crippen MR) is 147 cm³/mol. The minimum atomic E-state index is -0.337. The van der Waals surface area contributed by atoms with Gasteiger partial charge in [0, 0.05) is 36.1 Å². The maximum absolute atomic E-state index is 13.3. The largest absolute Gasteiger partial charge is 0.495 e. The number of pyridine rings is 1. The number of benzene rings is 2. The van der Waals surface area contributed by atoms with Crippen molar-refractivity contribution in [3.63, 3.8) is 0 Å². The molecule has 0 fully saturated rings. The van der Waals surface area contributed by atoms with Gasteiger partial charge in [0.05, 0.1) is 52.9 Å². The summed E-state index contributed by atoms with van der Waals surface area (Å²) in [7, 11) is 3.02. The van der Waals surface area contributed by atoms with Crippen molar-refractivity contribution in [2.75, 3.05) is 32.6 Å². The van der Waals surface area contributed by atoms with E-state index in [0.29, 0.717) is 55.0 Å². The molecule has 0 aliphatic rings. The Morgan fingerprint density at radius 1 is 0.919 bits per heavy atom. The Morgan fingerprint density at radius 3 is 2.14 bits per heavy atom. The van der Waals surface area contributed by atoms with Gasteiger partial charge in [0.25, 0.3) is 5.91 Å². The van der Waals surface area contributed by atoms with Crippen LogP contribution in [-0.2, 0) is 6.54 Å². The highest BCUT2D eigenvalue weighted by Gasteiger charge is 2.23. The summed E-state index contributed by atoms with van der Waals surface area (Å²) < 4.78 is 10.8. The Balaban J connectivity index is 1.70. The van der Waals surface area contributed by atoms with Crippen LogP contribution >= 0.6 is 23.2 Å². The van der Waals surface area contributed by atoms with E-state index < -0.39 is 0 Å². The van der Waals surface area contributed by atoms with Crippen LogP contribution in [0, 0.1) is 0 Å². The van der Waals surface area contributed by atoms with E-state index in [9.17, 15) is 4.79 Å². The number of rotatable bonds is 9. The molecule has 4 rings (SSSR count). The van der Waals surface area contributed by atoms with Crippen LogP contribution < -0.4 is 14.8 Å². The lowest BCUT2D eigenvalue weighted by Gasteiger charge is -2.17. The third kappa shape index (κ3) is 5.46. The van der Waals surface area contributed by atoms with Gasteiger partial charge in [0.15, 0.2) is 0 Å². The molecule has 1 N–H and O–H groups in total. The third-order valence-electron chi connectivity index (χ3n) is 6.08. The van der Waals surface area contributed by atoms with Gasteiger partial charge in [-0.25, -0.2) is 0 Å². The average Bonchev–Trinajstić information content (AvgIpc) is 2.92. The first-order chi connectivity index (χ1) is 17.9. The summed E-state index contributed by atoms with van der Waals surface area (Å²) >= 11 is 13.3. The Bertz CT molecular complexity index is 1400. The molecule has 2 aromatic heterocycles. The minimum Gasteiger partial charge on any atom is -0.495 e. The third-order valence-corrected chi connectivity index (χ3v) is 6.83. The minimum absolute atomic E-state index is 0.299. The van der Waals surface area contributed by atoms with Crippen molar-refractivity contribution < 1.29 is 14.3 Å². The van der Waals surface area contributed by atoms with Crippen molar-refractivity contribution in [2.24, 2.45) is 0 Å². The van der Waals surface area contributed by atoms with Gasteiger partial charge in [0.1, 0.15) is 17.0 Å². The number of carbonyl (C=O) groups is 1. The number of fused-ring (bicyclic) bond motifs is 1. The molecule has 8 nitrogen and oxygen atoms in total. The lowest BCUT2D eigenvalue weighted by atomic mass is 9.99. The second kappa shape index (κ2) is 11.7. The standard InChI is InChI=1S/C27H27Cl2N5O3/c1-5-34(6-2)15-17-8-7-16(14-32-17)33-27(35)19-10-9-18(25-26(19)31-12-11-30-25)22-23(28)20(36-3)13-21(37-4)24(22)29/h7-14H,5-6,15H2,1-4H3,(H,33,35). The summed E-state index contributed by atoms with van der Waals surface area (Å²) in [4.78, 5) is 29.0. The molecule has 0 aliphatic carbocycles. The topological polar surface area (TPSA) is 89.5 Å². The van der Waals surface area contributed by atoms with E-state index in [2.05, 4.69) is 39.0 Å². The van der Waals surface area contributed by atoms with Crippen molar-refractivity contribution in [3.05, 3.63) is 70.2 Å². The van der Waals surface area contributed by atoms with Gasteiger partial charge in [-0.15, -0.1) is 0 Å². The Hall–Kier alpha value is -3.46. The highest BCUT2D eigenvalue weighted by atomic mass is 35.5. The zero-order chi connectivity index (χ0) is 26.5. The molecule has 192 valence electrons. The molecule has 2 heterocycles. The van der Waals surface area contributed by atoms with E-state index in [4.69, 9.17) is 32.7 Å². The van der Waals surface area contributed by atoms with E-state index in [1.165, 1.54) is 20.4 Å². The highest BCUT2D eigenvalue weighted by molar-refractivity contribution is 6.41. The maximum atomic E-state index is 13.3. The molecule has 37 heavy (non-hydrogen) atoms. The molecule has 2 aromatic carbocycles. The van der Waals surface area contributed by atoms with Crippen LogP contribution in [0.15, 0.2) is 48.9 Å². The summed E-state index contributed by atoms with van der Waals surface area (Å²) in [5.74, 6) is 0.457. The van der Waals surface area contributed by atoms with Crippen molar-refractivity contribution >= 4 is 45.8 Å². The average molecular weight is 540 g/mol. The van der Waals surface area contributed by atoms with E-state index in [-0.39, 0.29) is 5.91 Å². The normalized spacial score (nSPS) is 11.1. The Kier molecular flexibility index (Phi) is 8.43. The van der Waals surface area contributed by atoms with Crippen LogP contribution in [0.2, 0.25) is 10.0 Å². The molecule has 0 spiro atoms. The number of hydrogen-bond donors (Lipinski definition) is 1. The monoisotopic (exact) mass is 539 g/mol. The van der Waals surface area contributed by atoms with Gasteiger partial charge < -0.3 is 14.8 Å². The lowest BCUT2D eigenvalue weighted by Crippen LogP contribution is -2.22. The van der Waals surface area contributed by atoms with Gasteiger partial charge in [-0.2, -0.15) is 0 Å². The molecule has 0 aliphatic heterocycles. The Labute approximate surface area is 225 Å². The van der Waals surface area contributed by atoms with Crippen LogP contribution in [0.25, 0.3) is 22.2 Å². The van der Waals surface area contributed by atoms with Crippen LogP contribution in [0.3, 0.4) is 0 Å². The number of aromatic nitrogens is 3. The first-order valence-corrected chi connectivity index (χ1v) is 12.5. The highest BCUT2D eigenvalue weighted by Crippen LogP contribution is 2.47. The molecular formula is C27H27Cl2N5O3. The number of carbonyl (C=O) groups excluding carboxylic acids is 1. The van der Waals surface area contributed by atoms with Gasteiger partial charge in [0.2, 0.25) is 0 Å². The van der Waals surface area contributed by atoms with Crippen molar-refractivity contribution in [2.45, 2.75) is 20.4 Å². The summed E-state index contributed by atoms with van der Waals surface area (Å²) in [6.45, 7) is 6.87. The zero-order valence-electron chi connectivity index (χ0n) is 21.0. The predicted octanol–water partition coefficient (Wildman–Crippen LogP) is 6.11. The van der Waals surface area contributed by atoms with Gasteiger partial charge in [-0.05, 0) is 31.3 Å². The van der Waals surface area contributed by atoms with Crippen molar-refractivity contribution in [3.8, 4) is 22.6 Å². The number of nitrogens with zero attached hydrogens (tertiary/aromatic N) is 4. The van der Waals surface area contributed by atoms with Gasteiger partial charge >= 0.3 is 0 Å². The SMILES string of the molecule is CCN(CC)Cc1ccc(NC(=O)c2ccc(-c3c(Cl)c(OC)cc(OC)c3Cl)c3nccnc23)cn1. The van der Waals surface area contributed by atoms with E-state index in [1.807, 2.05) is 12.1 Å². The van der Waals surface area contributed by atoms with E-state index in [1.54, 1.807) is 30.6 Å². The molecule has 0 saturated heterocycles. The van der Waals surface area contributed by atoms with Crippen molar-refractivity contribution in [1.82, 2.24) is 19.9 Å². The van der Waals surface area contributed by atoms with Gasteiger partial charge in [-0.3, -0.25) is 24.6 Å². The molecule has 0 radical (unpaired) electrons. The molecule has 1 amide bonds. The Morgan fingerprint density at radius 2 is 1.57 bits per heavy atom. The lowest BCUT2D eigenvalue weighted by molar-refractivity contribution is 0.102. The van der Waals surface area contributed by atoms with Crippen LogP contribution in [0.1, 0.15) is 29.9 Å². The summed E-state index contributed by atoms with van der Waals surface area (Å²) in [6.07, 6.45) is 4.73. The van der Waals surface area contributed by atoms with Crippen LogP contribution in [0.4, 0.5) is 5.69 Å². The van der Waals surface area contributed by atoms with Crippen LogP contribution in [-0.4, -0.2) is 53.1 Å². The number of anilines is 1. The summed E-state index contributed by atoms with van der Waals surface area (Å²) in [5, 5.41) is 3.50.